The number of ether oxygens (including phenoxy) is 1. The Hall–Kier alpha value is -1.73. The van der Waals surface area contributed by atoms with Crippen LogP contribution in [0.1, 0.15) is 36.6 Å². The van der Waals surface area contributed by atoms with Crippen molar-refractivity contribution < 1.29 is 4.74 Å². The third kappa shape index (κ3) is 3.20. The van der Waals surface area contributed by atoms with Crippen LogP contribution in [0, 0.1) is 6.92 Å². The molecule has 0 spiro atoms. The molecule has 22 heavy (non-hydrogen) atoms. The molecule has 0 radical (unpaired) electrons. The van der Waals surface area contributed by atoms with Crippen LogP contribution in [0.2, 0.25) is 0 Å². The Balaban J connectivity index is 1.66. The van der Waals surface area contributed by atoms with Crippen LogP contribution in [0.4, 0.5) is 0 Å². The van der Waals surface area contributed by atoms with Crippen LogP contribution in [-0.2, 0) is 17.7 Å². The van der Waals surface area contributed by atoms with Crippen LogP contribution in [0.3, 0.4) is 0 Å². The van der Waals surface area contributed by atoms with Gasteiger partial charge in [-0.05, 0) is 32.3 Å². The number of nitrogens with one attached hydrogen (secondary N) is 1. The van der Waals surface area contributed by atoms with E-state index in [0.717, 1.165) is 44.1 Å². The molecule has 120 valence electrons. The molecule has 1 aliphatic heterocycles. The van der Waals surface area contributed by atoms with Crippen molar-refractivity contribution in [2.75, 3.05) is 20.2 Å². The first-order chi connectivity index (χ1) is 10.7. The van der Waals surface area contributed by atoms with E-state index in [4.69, 9.17) is 4.74 Å². The van der Waals surface area contributed by atoms with Crippen molar-refractivity contribution in [1.82, 2.24) is 29.9 Å². The Morgan fingerprint density at radius 2 is 2.32 bits per heavy atom. The Bertz CT molecular complexity index is 607. The minimum Gasteiger partial charge on any atom is -0.380 e. The van der Waals surface area contributed by atoms with Gasteiger partial charge in [0.1, 0.15) is 5.82 Å². The second-order valence-corrected chi connectivity index (χ2v) is 5.84. The van der Waals surface area contributed by atoms with Crippen LogP contribution in [-0.4, -0.2) is 56.2 Å². The summed E-state index contributed by atoms with van der Waals surface area (Å²) in [5, 5.41) is 11.6. The van der Waals surface area contributed by atoms with E-state index in [9.17, 15) is 0 Å². The molecule has 0 unspecified atom stereocenters. The number of likely N-dealkylation sites (tertiary alicyclic amines) is 1. The molecule has 0 amide bonds. The van der Waals surface area contributed by atoms with Crippen molar-refractivity contribution in [3.8, 4) is 0 Å². The molecule has 1 aliphatic rings. The maximum Gasteiger partial charge on any atom is 0.167 e. The van der Waals surface area contributed by atoms with Crippen molar-refractivity contribution in [1.29, 1.82) is 0 Å². The van der Waals surface area contributed by atoms with Gasteiger partial charge in [0, 0.05) is 32.9 Å². The molecule has 1 saturated heterocycles. The minimum absolute atomic E-state index is 0.233. The van der Waals surface area contributed by atoms with Crippen LogP contribution in [0.25, 0.3) is 0 Å². The largest absolute Gasteiger partial charge is 0.380 e. The van der Waals surface area contributed by atoms with Gasteiger partial charge in [-0.1, -0.05) is 0 Å². The Labute approximate surface area is 130 Å². The molecule has 7 nitrogen and oxygen atoms in total. The Morgan fingerprint density at radius 1 is 1.45 bits per heavy atom. The lowest BCUT2D eigenvalue weighted by Crippen LogP contribution is -2.28. The van der Waals surface area contributed by atoms with Gasteiger partial charge in [0.2, 0.25) is 0 Å². The first kappa shape index (κ1) is 15.2. The predicted octanol–water partition coefficient (Wildman–Crippen LogP) is 1.33. The highest BCUT2D eigenvalue weighted by atomic mass is 16.5. The van der Waals surface area contributed by atoms with Crippen molar-refractivity contribution in [2.45, 2.75) is 45.4 Å². The zero-order valence-electron chi connectivity index (χ0n) is 13.5. The fraction of sp³-hybridized carbons (Fsp3) is 0.667. The van der Waals surface area contributed by atoms with Crippen molar-refractivity contribution in [3.05, 3.63) is 29.6 Å². The molecule has 3 heterocycles. The number of methoxy groups -OCH3 is 1. The monoisotopic (exact) mass is 304 g/mol. The van der Waals surface area contributed by atoms with E-state index in [2.05, 4.69) is 38.3 Å². The van der Waals surface area contributed by atoms with E-state index in [0.29, 0.717) is 0 Å². The van der Waals surface area contributed by atoms with Crippen LogP contribution < -0.4 is 0 Å². The first-order valence-electron chi connectivity index (χ1n) is 7.86. The summed E-state index contributed by atoms with van der Waals surface area (Å²) in [4.78, 5) is 6.92. The standard InChI is InChI=1S/C15H24N6O/c1-4-21-9-12(8-16-21)5-6-20-10-13(22-3)7-14(20)15-17-11(2)18-19-15/h8-9,13-14H,4-7,10H2,1-3H3,(H,17,18,19)/t13-,14+/m1/s1. The van der Waals surface area contributed by atoms with Gasteiger partial charge in [-0.3, -0.25) is 14.7 Å². The summed E-state index contributed by atoms with van der Waals surface area (Å²) in [5.41, 5.74) is 1.27. The molecule has 2 atom stereocenters. The maximum atomic E-state index is 5.55. The number of hydrogen-bond donors (Lipinski definition) is 1. The summed E-state index contributed by atoms with van der Waals surface area (Å²) in [5.74, 6) is 1.74. The Morgan fingerprint density at radius 3 is 2.95 bits per heavy atom. The zero-order chi connectivity index (χ0) is 15.5. The smallest absolute Gasteiger partial charge is 0.167 e. The van der Waals surface area contributed by atoms with Gasteiger partial charge in [-0.15, -0.1) is 0 Å². The average molecular weight is 304 g/mol. The lowest BCUT2D eigenvalue weighted by molar-refractivity contribution is 0.108. The van der Waals surface area contributed by atoms with Crippen LogP contribution in [0.15, 0.2) is 12.4 Å². The SMILES string of the molecule is CCn1cc(CCN2C[C@H](OC)C[C@H]2c2n[nH]c(C)n2)cn1. The van der Waals surface area contributed by atoms with Crippen molar-refractivity contribution >= 4 is 0 Å². The second-order valence-electron chi connectivity index (χ2n) is 5.84. The molecular formula is C15H24N6O. The summed E-state index contributed by atoms with van der Waals surface area (Å²) in [6.07, 6.45) is 6.26. The number of aromatic nitrogens is 5. The number of hydrogen-bond acceptors (Lipinski definition) is 5. The van der Waals surface area contributed by atoms with E-state index in [1.807, 2.05) is 17.8 Å². The molecular weight excluding hydrogens is 280 g/mol. The van der Waals surface area contributed by atoms with Gasteiger partial charge in [-0.2, -0.15) is 10.2 Å². The fourth-order valence-corrected chi connectivity index (χ4v) is 3.04. The van der Waals surface area contributed by atoms with Crippen LogP contribution in [0.5, 0.6) is 0 Å². The molecule has 7 heteroatoms. The number of rotatable bonds is 6. The molecule has 3 rings (SSSR count). The normalized spacial score (nSPS) is 22.5. The van der Waals surface area contributed by atoms with E-state index < -0.39 is 0 Å². The summed E-state index contributed by atoms with van der Waals surface area (Å²) in [6.45, 7) is 6.84. The minimum atomic E-state index is 0.233. The van der Waals surface area contributed by atoms with Crippen molar-refractivity contribution in [2.24, 2.45) is 0 Å². The predicted molar refractivity (Wildman–Crippen MR) is 82.5 cm³/mol. The summed E-state index contributed by atoms with van der Waals surface area (Å²) >= 11 is 0. The van der Waals surface area contributed by atoms with Gasteiger partial charge in [0.25, 0.3) is 0 Å². The van der Waals surface area contributed by atoms with E-state index in [1.54, 1.807) is 7.11 Å². The highest BCUT2D eigenvalue weighted by molar-refractivity contribution is 5.06. The summed E-state index contributed by atoms with van der Waals surface area (Å²) in [6, 6.07) is 0.233. The molecule has 0 aliphatic carbocycles. The van der Waals surface area contributed by atoms with Crippen molar-refractivity contribution in [3.63, 3.8) is 0 Å². The molecule has 0 bridgehead atoms. The van der Waals surface area contributed by atoms with Gasteiger partial charge < -0.3 is 4.74 Å². The molecule has 2 aromatic heterocycles. The lowest BCUT2D eigenvalue weighted by Gasteiger charge is -2.21. The summed E-state index contributed by atoms with van der Waals surface area (Å²) in [7, 11) is 1.78. The number of aryl methyl sites for hydroxylation is 2. The third-order valence-electron chi connectivity index (χ3n) is 4.31. The number of aromatic amines is 1. The van der Waals surface area contributed by atoms with E-state index in [1.165, 1.54) is 5.56 Å². The highest BCUT2D eigenvalue weighted by Gasteiger charge is 2.35. The maximum absolute atomic E-state index is 5.55. The van der Waals surface area contributed by atoms with Gasteiger partial charge in [-0.25, -0.2) is 4.98 Å². The summed E-state index contributed by atoms with van der Waals surface area (Å²) < 4.78 is 7.52. The highest BCUT2D eigenvalue weighted by Crippen LogP contribution is 2.31. The average Bonchev–Trinajstić information content (AvgIpc) is 3.23. The third-order valence-corrected chi connectivity index (χ3v) is 4.31. The quantitative estimate of drug-likeness (QED) is 0.872. The zero-order valence-corrected chi connectivity index (χ0v) is 13.5. The molecule has 1 fully saturated rings. The first-order valence-corrected chi connectivity index (χ1v) is 7.86. The number of nitrogens with zero attached hydrogens (tertiary/aromatic N) is 5. The topological polar surface area (TPSA) is 71.9 Å². The van der Waals surface area contributed by atoms with Crippen LogP contribution >= 0.6 is 0 Å². The van der Waals surface area contributed by atoms with E-state index >= 15 is 0 Å². The molecule has 1 N–H and O–H groups in total. The molecule has 0 saturated carbocycles. The second kappa shape index (κ2) is 6.58. The van der Waals surface area contributed by atoms with Gasteiger partial charge in [0.15, 0.2) is 5.82 Å². The fourth-order valence-electron chi connectivity index (χ4n) is 3.04. The Kier molecular flexibility index (Phi) is 4.54. The lowest BCUT2D eigenvalue weighted by atomic mass is 10.2. The molecule has 0 aromatic carbocycles. The van der Waals surface area contributed by atoms with E-state index in [-0.39, 0.29) is 12.1 Å². The van der Waals surface area contributed by atoms with Gasteiger partial charge >= 0.3 is 0 Å². The molecule has 2 aromatic rings. The number of H-pyrrole nitrogens is 1. The van der Waals surface area contributed by atoms with Gasteiger partial charge in [0.05, 0.1) is 18.3 Å².